The molecule has 0 spiro atoms. The van der Waals surface area contributed by atoms with Gasteiger partial charge < -0.3 is 14.8 Å². The number of amides is 1. The largest absolute Gasteiger partial charge is 0.376 e. The van der Waals surface area contributed by atoms with Crippen LogP contribution in [0.25, 0.3) is 0 Å². The van der Waals surface area contributed by atoms with Crippen LogP contribution in [0, 0.1) is 5.92 Å². The van der Waals surface area contributed by atoms with Gasteiger partial charge >= 0.3 is 0 Å². The highest BCUT2D eigenvalue weighted by atomic mass is 16.5. The summed E-state index contributed by atoms with van der Waals surface area (Å²) in [7, 11) is 1.51. The van der Waals surface area contributed by atoms with Crippen LogP contribution in [0.3, 0.4) is 0 Å². The normalized spacial score (nSPS) is 25.4. The predicted octanol–water partition coefficient (Wildman–Crippen LogP) is 1.34. The third kappa shape index (κ3) is 4.94. The first-order valence-corrected chi connectivity index (χ1v) is 6.11. The van der Waals surface area contributed by atoms with E-state index in [1.165, 1.54) is 26.4 Å². The lowest BCUT2D eigenvalue weighted by Gasteiger charge is -2.28. The van der Waals surface area contributed by atoms with Crippen LogP contribution < -0.4 is 5.32 Å². The van der Waals surface area contributed by atoms with Crippen molar-refractivity contribution in [2.24, 2.45) is 5.92 Å². The Morgan fingerprint density at radius 1 is 1.38 bits per heavy atom. The minimum absolute atomic E-state index is 0.0807. The fourth-order valence-electron chi connectivity index (χ4n) is 2.11. The second kappa shape index (κ2) is 7.63. The molecule has 0 aromatic carbocycles. The van der Waals surface area contributed by atoms with E-state index in [4.69, 9.17) is 9.47 Å². The van der Waals surface area contributed by atoms with Crippen LogP contribution in [-0.4, -0.2) is 38.9 Å². The van der Waals surface area contributed by atoms with Gasteiger partial charge in [0.15, 0.2) is 0 Å². The van der Waals surface area contributed by atoms with E-state index >= 15 is 0 Å². The molecule has 0 aliphatic heterocycles. The van der Waals surface area contributed by atoms with Crippen molar-refractivity contribution >= 4 is 5.91 Å². The van der Waals surface area contributed by atoms with Crippen LogP contribution in [0.15, 0.2) is 0 Å². The Bertz CT molecular complexity index is 208. The average molecular weight is 229 g/mol. The van der Waals surface area contributed by atoms with Crippen molar-refractivity contribution in [1.82, 2.24) is 5.32 Å². The molecule has 0 aromatic heterocycles. The quantitative estimate of drug-likeness (QED) is 0.699. The molecule has 0 aromatic rings. The molecule has 1 rings (SSSR count). The van der Waals surface area contributed by atoms with Crippen LogP contribution >= 0.6 is 0 Å². The number of nitrogens with one attached hydrogen (secondary N) is 1. The summed E-state index contributed by atoms with van der Waals surface area (Å²) in [6.07, 6.45) is 5.40. The van der Waals surface area contributed by atoms with Crippen molar-refractivity contribution in [3.63, 3.8) is 0 Å². The molecule has 94 valence electrons. The number of hydrogen-bond acceptors (Lipinski definition) is 3. The van der Waals surface area contributed by atoms with E-state index in [1.54, 1.807) is 0 Å². The van der Waals surface area contributed by atoms with Gasteiger partial charge in [-0.05, 0) is 18.8 Å². The Morgan fingerprint density at radius 3 is 2.81 bits per heavy atom. The third-order valence-corrected chi connectivity index (χ3v) is 3.06. The zero-order valence-corrected chi connectivity index (χ0v) is 10.3. The Morgan fingerprint density at radius 2 is 2.12 bits per heavy atom. The minimum Gasteiger partial charge on any atom is -0.376 e. The van der Waals surface area contributed by atoms with Gasteiger partial charge in [0.05, 0.1) is 12.7 Å². The summed E-state index contributed by atoms with van der Waals surface area (Å²) >= 11 is 0. The first-order chi connectivity index (χ1) is 7.74. The van der Waals surface area contributed by atoms with Gasteiger partial charge in [-0.1, -0.05) is 19.8 Å². The van der Waals surface area contributed by atoms with E-state index in [0.29, 0.717) is 25.2 Å². The Kier molecular flexibility index (Phi) is 6.42. The number of ether oxygens (including phenoxy) is 2. The molecule has 2 atom stereocenters. The van der Waals surface area contributed by atoms with Crippen molar-refractivity contribution in [3.8, 4) is 0 Å². The summed E-state index contributed by atoms with van der Waals surface area (Å²) in [6, 6.07) is 0. The summed E-state index contributed by atoms with van der Waals surface area (Å²) in [5.41, 5.74) is 0. The highest BCUT2D eigenvalue weighted by Gasteiger charge is 2.21. The van der Waals surface area contributed by atoms with Crippen LogP contribution in [0.4, 0.5) is 0 Å². The lowest BCUT2D eigenvalue weighted by Crippen LogP contribution is -2.33. The molecule has 1 fully saturated rings. The molecule has 4 heteroatoms. The molecular weight excluding hydrogens is 206 g/mol. The van der Waals surface area contributed by atoms with E-state index < -0.39 is 0 Å². The SMILES string of the molecule is COCC(=O)NCCO[C@H]1CCCC[C@H]1C. The van der Waals surface area contributed by atoms with Gasteiger partial charge in [-0.15, -0.1) is 0 Å². The molecule has 1 aliphatic carbocycles. The number of carbonyl (C=O) groups excluding carboxylic acids is 1. The topological polar surface area (TPSA) is 47.6 Å². The lowest BCUT2D eigenvalue weighted by molar-refractivity contribution is -0.125. The third-order valence-electron chi connectivity index (χ3n) is 3.06. The zero-order chi connectivity index (χ0) is 11.8. The number of rotatable bonds is 6. The highest BCUT2D eigenvalue weighted by molar-refractivity contribution is 5.77. The van der Waals surface area contributed by atoms with Gasteiger partial charge in [-0.2, -0.15) is 0 Å². The van der Waals surface area contributed by atoms with Crippen LogP contribution in [0.2, 0.25) is 0 Å². The van der Waals surface area contributed by atoms with Gasteiger partial charge in [0.25, 0.3) is 0 Å². The van der Waals surface area contributed by atoms with Crippen molar-refractivity contribution < 1.29 is 14.3 Å². The first-order valence-electron chi connectivity index (χ1n) is 6.11. The number of methoxy groups -OCH3 is 1. The molecule has 1 saturated carbocycles. The fourth-order valence-corrected chi connectivity index (χ4v) is 2.11. The standard InChI is InChI=1S/C12H23NO3/c1-10-5-3-4-6-11(10)16-8-7-13-12(14)9-15-2/h10-11H,3-9H2,1-2H3,(H,13,14)/t10-,11+/m1/s1. The van der Waals surface area contributed by atoms with Crippen LogP contribution in [0.5, 0.6) is 0 Å². The maximum Gasteiger partial charge on any atom is 0.246 e. The summed E-state index contributed by atoms with van der Waals surface area (Å²) in [4.78, 5) is 11.1. The van der Waals surface area contributed by atoms with Crippen molar-refractivity contribution in [1.29, 1.82) is 0 Å². The highest BCUT2D eigenvalue weighted by Crippen LogP contribution is 2.25. The lowest BCUT2D eigenvalue weighted by atomic mass is 9.88. The van der Waals surface area contributed by atoms with E-state index in [0.717, 1.165) is 6.42 Å². The van der Waals surface area contributed by atoms with Gasteiger partial charge in [-0.25, -0.2) is 0 Å². The molecule has 16 heavy (non-hydrogen) atoms. The van der Waals surface area contributed by atoms with E-state index in [2.05, 4.69) is 12.2 Å². The predicted molar refractivity (Wildman–Crippen MR) is 62.3 cm³/mol. The van der Waals surface area contributed by atoms with Crippen LogP contribution in [0.1, 0.15) is 32.6 Å². The molecule has 4 nitrogen and oxygen atoms in total. The maximum absolute atomic E-state index is 11.1. The first kappa shape index (κ1) is 13.5. The number of carbonyl (C=O) groups is 1. The molecule has 0 radical (unpaired) electrons. The van der Waals surface area contributed by atoms with E-state index in [-0.39, 0.29) is 12.5 Å². The van der Waals surface area contributed by atoms with Crippen molar-refractivity contribution in [2.45, 2.75) is 38.7 Å². The van der Waals surface area contributed by atoms with Gasteiger partial charge in [0.2, 0.25) is 5.91 Å². The summed E-state index contributed by atoms with van der Waals surface area (Å²) in [5.74, 6) is 0.575. The molecule has 0 unspecified atom stereocenters. The fraction of sp³-hybridized carbons (Fsp3) is 0.917. The van der Waals surface area contributed by atoms with Gasteiger partial charge in [0.1, 0.15) is 6.61 Å². The van der Waals surface area contributed by atoms with Crippen molar-refractivity contribution in [3.05, 3.63) is 0 Å². The summed E-state index contributed by atoms with van der Waals surface area (Å²) < 4.78 is 10.5. The zero-order valence-electron chi connectivity index (χ0n) is 10.3. The summed E-state index contributed by atoms with van der Waals surface area (Å²) in [6.45, 7) is 3.54. The monoisotopic (exact) mass is 229 g/mol. The molecular formula is C12H23NO3. The second-order valence-electron chi connectivity index (χ2n) is 4.45. The second-order valence-corrected chi connectivity index (χ2v) is 4.45. The summed E-state index contributed by atoms with van der Waals surface area (Å²) in [5, 5.41) is 2.75. The molecule has 0 saturated heterocycles. The van der Waals surface area contributed by atoms with Gasteiger partial charge in [-0.3, -0.25) is 4.79 Å². The van der Waals surface area contributed by atoms with E-state index in [1.807, 2.05) is 0 Å². The Labute approximate surface area is 97.7 Å². The Hall–Kier alpha value is -0.610. The molecule has 0 bridgehead atoms. The molecule has 1 aliphatic rings. The van der Waals surface area contributed by atoms with Gasteiger partial charge in [0, 0.05) is 13.7 Å². The molecule has 1 N–H and O–H groups in total. The number of hydrogen-bond donors (Lipinski definition) is 1. The van der Waals surface area contributed by atoms with Crippen molar-refractivity contribution in [2.75, 3.05) is 26.9 Å². The minimum atomic E-state index is -0.0807. The Balaban J connectivity index is 2.03. The average Bonchev–Trinajstić information content (AvgIpc) is 2.27. The smallest absolute Gasteiger partial charge is 0.246 e. The van der Waals surface area contributed by atoms with E-state index in [9.17, 15) is 4.79 Å². The molecule has 0 heterocycles. The molecule has 1 amide bonds. The maximum atomic E-state index is 11.1. The van der Waals surface area contributed by atoms with Crippen LogP contribution in [-0.2, 0) is 14.3 Å².